The summed E-state index contributed by atoms with van der Waals surface area (Å²) in [5, 5.41) is 9.34. The first kappa shape index (κ1) is 14.8. The Hall–Kier alpha value is -2.24. The number of ether oxygens (including phenoxy) is 1. The molecule has 0 spiro atoms. The number of carbonyl (C=O) groups excluding carboxylic acids is 1. The van der Waals surface area contributed by atoms with Crippen LogP contribution in [0.4, 0.5) is 14.5 Å². The molecule has 0 aromatic heterocycles. The highest BCUT2D eigenvalue weighted by Gasteiger charge is 2.12. The van der Waals surface area contributed by atoms with Crippen LogP contribution >= 0.6 is 0 Å². The summed E-state index contributed by atoms with van der Waals surface area (Å²) in [5.41, 5.74) is -0.0338. The number of nitrogens with zero attached hydrogens (tertiary/aromatic N) is 1. The van der Waals surface area contributed by atoms with Crippen molar-refractivity contribution in [2.45, 2.75) is 13.8 Å². The lowest BCUT2D eigenvalue weighted by atomic mass is 10.2. The third-order valence-corrected chi connectivity index (χ3v) is 2.13. The van der Waals surface area contributed by atoms with Gasteiger partial charge < -0.3 is 9.84 Å². The molecule has 4 nitrogen and oxygen atoms in total. The van der Waals surface area contributed by atoms with E-state index >= 15 is 0 Å². The molecule has 1 aromatic rings. The first-order valence-electron chi connectivity index (χ1n) is 5.51. The first-order valence-corrected chi connectivity index (χ1v) is 5.51. The molecule has 0 fully saturated rings. The van der Waals surface area contributed by atoms with Crippen molar-refractivity contribution in [2.75, 3.05) is 6.61 Å². The van der Waals surface area contributed by atoms with Crippen LogP contribution in [-0.4, -0.2) is 23.9 Å². The van der Waals surface area contributed by atoms with E-state index in [1.54, 1.807) is 6.92 Å². The van der Waals surface area contributed by atoms with Gasteiger partial charge in [0.05, 0.1) is 12.3 Å². The molecule has 0 amide bonds. The highest BCUT2D eigenvalue weighted by atomic mass is 19.2. The molecule has 0 radical (unpaired) electrons. The van der Waals surface area contributed by atoms with Crippen LogP contribution in [0.2, 0.25) is 0 Å². The van der Waals surface area contributed by atoms with Gasteiger partial charge in [-0.3, -0.25) is 4.99 Å². The number of carbonyl (C=O) groups is 1. The Kier molecular flexibility index (Phi) is 5.17. The number of rotatable bonds is 4. The molecule has 0 saturated heterocycles. The average Bonchev–Trinajstić information content (AvgIpc) is 2.33. The van der Waals surface area contributed by atoms with E-state index in [4.69, 9.17) is 4.74 Å². The number of hydrogen-bond donors (Lipinski definition) is 1. The van der Waals surface area contributed by atoms with Gasteiger partial charge in [-0.2, -0.15) is 0 Å². The number of aliphatic hydroxyl groups is 1. The molecule has 1 rings (SSSR count). The van der Waals surface area contributed by atoms with Crippen LogP contribution in [-0.2, 0) is 9.53 Å². The maximum atomic E-state index is 12.9. The van der Waals surface area contributed by atoms with E-state index in [1.165, 1.54) is 13.0 Å². The molecule has 102 valence electrons. The number of halogens is 2. The van der Waals surface area contributed by atoms with Gasteiger partial charge in [-0.05, 0) is 26.0 Å². The van der Waals surface area contributed by atoms with Crippen LogP contribution in [0.15, 0.2) is 34.5 Å². The second-order valence-corrected chi connectivity index (χ2v) is 3.58. The number of benzene rings is 1. The number of allylic oxidation sites excluding steroid dienone is 1. The molecule has 0 aliphatic rings. The molecular weight excluding hydrogens is 256 g/mol. The van der Waals surface area contributed by atoms with Crippen molar-refractivity contribution in [3.8, 4) is 0 Å². The zero-order valence-electron chi connectivity index (χ0n) is 10.5. The zero-order chi connectivity index (χ0) is 14.4. The minimum atomic E-state index is -1.04. The summed E-state index contributed by atoms with van der Waals surface area (Å²) in [6.07, 6.45) is 1.04. The summed E-state index contributed by atoms with van der Waals surface area (Å²) in [5.74, 6) is -3.05. The normalized spacial score (nSPS) is 12.4. The van der Waals surface area contributed by atoms with Crippen molar-refractivity contribution in [1.82, 2.24) is 0 Å². The van der Waals surface area contributed by atoms with Crippen LogP contribution in [0.3, 0.4) is 0 Å². The smallest absolute Gasteiger partial charge is 0.343 e. The molecule has 0 aliphatic heterocycles. The molecule has 0 heterocycles. The third-order valence-electron chi connectivity index (χ3n) is 2.13. The number of hydrogen-bond acceptors (Lipinski definition) is 4. The monoisotopic (exact) mass is 269 g/mol. The summed E-state index contributed by atoms with van der Waals surface area (Å²) in [6, 6.07) is 3.03. The molecule has 0 saturated carbocycles. The van der Waals surface area contributed by atoms with E-state index in [9.17, 15) is 18.7 Å². The highest BCUT2D eigenvalue weighted by molar-refractivity contribution is 6.10. The van der Waals surface area contributed by atoms with Crippen LogP contribution in [0.5, 0.6) is 0 Å². The molecule has 0 bridgehead atoms. The van der Waals surface area contributed by atoms with Crippen molar-refractivity contribution >= 4 is 17.9 Å². The van der Waals surface area contributed by atoms with Crippen molar-refractivity contribution in [3.63, 3.8) is 0 Å². The second-order valence-electron chi connectivity index (χ2n) is 3.58. The largest absolute Gasteiger partial charge is 0.512 e. The summed E-state index contributed by atoms with van der Waals surface area (Å²) >= 11 is 0. The van der Waals surface area contributed by atoms with E-state index in [-0.39, 0.29) is 23.6 Å². The van der Waals surface area contributed by atoms with Gasteiger partial charge in [-0.25, -0.2) is 13.6 Å². The Labute approximate surface area is 109 Å². The summed E-state index contributed by atoms with van der Waals surface area (Å²) in [4.78, 5) is 15.2. The molecule has 0 unspecified atom stereocenters. The van der Waals surface area contributed by atoms with Gasteiger partial charge in [-0.1, -0.05) is 0 Å². The molecule has 0 aliphatic carbocycles. The van der Waals surface area contributed by atoms with Crippen molar-refractivity contribution in [2.24, 2.45) is 4.99 Å². The van der Waals surface area contributed by atoms with E-state index in [1.807, 2.05) is 0 Å². The predicted molar refractivity (Wildman–Crippen MR) is 66.5 cm³/mol. The zero-order valence-corrected chi connectivity index (χ0v) is 10.5. The highest BCUT2D eigenvalue weighted by Crippen LogP contribution is 2.16. The summed E-state index contributed by atoms with van der Waals surface area (Å²) in [7, 11) is 0. The quantitative estimate of drug-likeness (QED) is 0.395. The summed E-state index contributed by atoms with van der Waals surface area (Å²) in [6.45, 7) is 3.06. The minimum absolute atomic E-state index is 0.113. The third kappa shape index (κ3) is 4.17. The Morgan fingerprint density at radius 3 is 2.63 bits per heavy atom. The topological polar surface area (TPSA) is 58.9 Å². The van der Waals surface area contributed by atoms with Crippen LogP contribution in [0.25, 0.3) is 0 Å². The molecule has 0 atom stereocenters. The second kappa shape index (κ2) is 6.63. The Balaban J connectivity index is 2.97. The number of esters is 1. The molecule has 6 heteroatoms. The Morgan fingerprint density at radius 2 is 2.11 bits per heavy atom. The van der Waals surface area contributed by atoms with Crippen LogP contribution < -0.4 is 0 Å². The Bertz CT molecular complexity index is 535. The van der Waals surface area contributed by atoms with Gasteiger partial charge in [-0.15, -0.1) is 0 Å². The maximum Gasteiger partial charge on any atom is 0.343 e. The first-order chi connectivity index (χ1) is 8.95. The van der Waals surface area contributed by atoms with Gasteiger partial charge in [0, 0.05) is 12.3 Å². The fourth-order valence-electron chi connectivity index (χ4n) is 1.21. The van der Waals surface area contributed by atoms with Gasteiger partial charge in [0.2, 0.25) is 0 Å². The van der Waals surface area contributed by atoms with Crippen molar-refractivity contribution in [3.05, 3.63) is 41.2 Å². The maximum absolute atomic E-state index is 12.9. The lowest BCUT2D eigenvalue weighted by Crippen LogP contribution is -2.10. The average molecular weight is 269 g/mol. The number of aliphatic hydroxyl groups excluding tert-OH is 1. The van der Waals surface area contributed by atoms with Crippen molar-refractivity contribution < 1.29 is 23.4 Å². The van der Waals surface area contributed by atoms with E-state index < -0.39 is 17.6 Å². The van der Waals surface area contributed by atoms with Gasteiger partial charge >= 0.3 is 5.97 Å². The fourth-order valence-corrected chi connectivity index (χ4v) is 1.21. The molecule has 1 N–H and O–H groups in total. The van der Waals surface area contributed by atoms with Crippen molar-refractivity contribution in [1.29, 1.82) is 0 Å². The Morgan fingerprint density at radius 1 is 1.42 bits per heavy atom. The number of aliphatic imine (C=N–C) groups is 1. The van der Waals surface area contributed by atoms with Gasteiger partial charge in [0.1, 0.15) is 11.3 Å². The summed E-state index contributed by atoms with van der Waals surface area (Å²) < 4.78 is 30.4. The molecular formula is C13H13F2NO3. The van der Waals surface area contributed by atoms with Gasteiger partial charge in [0.15, 0.2) is 11.6 Å². The van der Waals surface area contributed by atoms with E-state index in [2.05, 4.69) is 4.99 Å². The standard InChI is InChI=1S/C13H13F2NO3/c1-3-19-13(18)10(8(2)17)7-16-9-4-5-11(14)12(15)6-9/h4-7,17H,3H2,1-2H3. The SMILES string of the molecule is CCOC(=O)C(C=Nc1ccc(F)c(F)c1)=C(C)O. The van der Waals surface area contributed by atoms with Gasteiger partial charge in [0.25, 0.3) is 0 Å². The molecule has 19 heavy (non-hydrogen) atoms. The van der Waals surface area contributed by atoms with Crippen LogP contribution in [0.1, 0.15) is 13.8 Å². The van der Waals surface area contributed by atoms with E-state index in [0.29, 0.717) is 0 Å². The minimum Gasteiger partial charge on any atom is -0.512 e. The molecule has 1 aromatic carbocycles. The van der Waals surface area contributed by atoms with Crippen LogP contribution in [0, 0.1) is 11.6 Å². The lowest BCUT2D eigenvalue weighted by molar-refractivity contribution is -0.138. The lowest BCUT2D eigenvalue weighted by Gasteiger charge is -2.03. The predicted octanol–water partition coefficient (Wildman–Crippen LogP) is 3.06. The van der Waals surface area contributed by atoms with E-state index in [0.717, 1.165) is 18.3 Å². The fraction of sp³-hybridized carbons (Fsp3) is 0.231.